The maximum absolute atomic E-state index is 13.0. The van der Waals surface area contributed by atoms with Gasteiger partial charge >= 0.3 is 0 Å². The fourth-order valence-corrected chi connectivity index (χ4v) is 2.63. The summed E-state index contributed by atoms with van der Waals surface area (Å²) in [4.78, 5) is 12.3. The van der Waals surface area contributed by atoms with Crippen LogP contribution in [0.4, 0.5) is 4.39 Å². The van der Waals surface area contributed by atoms with Crippen LogP contribution in [-0.2, 0) is 11.2 Å². The van der Waals surface area contributed by atoms with Gasteiger partial charge in [-0.2, -0.15) is 0 Å². The molecule has 1 amide bonds. The predicted molar refractivity (Wildman–Crippen MR) is 89.4 cm³/mol. The zero-order chi connectivity index (χ0) is 17.1. The van der Waals surface area contributed by atoms with Gasteiger partial charge in [0, 0.05) is 17.0 Å². The molecule has 0 radical (unpaired) electrons. The number of halogens is 1. The first-order valence-electron chi connectivity index (χ1n) is 7.66. The van der Waals surface area contributed by atoms with Crippen LogP contribution < -0.4 is 10.1 Å². The molecule has 0 unspecified atom stereocenters. The lowest BCUT2D eigenvalue weighted by atomic mass is 10.1. The van der Waals surface area contributed by atoms with E-state index in [-0.39, 0.29) is 24.2 Å². The quantitative estimate of drug-likeness (QED) is 0.770. The normalized spacial score (nSPS) is 12.1. The number of nitrogens with one attached hydrogen (secondary N) is 1. The van der Waals surface area contributed by atoms with E-state index in [0.717, 1.165) is 16.5 Å². The molecule has 3 aromatic rings. The van der Waals surface area contributed by atoms with E-state index in [1.165, 1.54) is 12.1 Å². The van der Waals surface area contributed by atoms with Crippen molar-refractivity contribution in [1.82, 2.24) is 5.32 Å². The molecule has 124 valence electrons. The summed E-state index contributed by atoms with van der Waals surface area (Å²) >= 11 is 0. The molecular formula is C19H18FNO3. The van der Waals surface area contributed by atoms with Crippen molar-refractivity contribution >= 4 is 16.9 Å². The van der Waals surface area contributed by atoms with Crippen molar-refractivity contribution in [1.29, 1.82) is 0 Å². The number of methoxy groups -OCH3 is 1. The molecule has 1 heterocycles. The Kier molecular flexibility index (Phi) is 4.51. The molecule has 0 bridgehead atoms. The summed E-state index contributed by atoms with van der Waals surface area (Å²) in [5.41, 5.74) is 2.35. The van der Waals surface area contributed by atoms with Gasteiger partial charge in [0.05, 0.1) is 25.8 Å². The third-order valence-electron chi connectivity index (χ3n) is 3.96. The molecule has 3 rings (SSSR count). The average molecular weight is 327 g/mol. The van der Waals surface area contributed by atoms with Crippen molar-refractivity contribution in [3.8, 4) is 5.75 Å². The van der Waals surface area contributed by atoms with Crippen LogP contribution in [0.25, 0.3) is 11.0 Å². The molecule has 0 spiro atoms. The maximum Gasteiger partial charge on any atom is 0.225 e. The van der Waals surface area contributed by atoms with Crippen molar-refractivity contribution in [3.63, 3.8) is 0 Å². The predicted octanol–water partition coefficient (Wildman–Crippen LogP) is 4.00. The van der Waals surface area contributed by atoms with E-state index in [9.17, 15) is 9.18 Å². The second-order valence-electron chi connectivity index (χ2n) is 5.64. The molecule has 0 fully saturated rings. The molecule has 0 aliphatic heterocycles. The van der Waals surface area contributed by atoms with E-state index in [1.54, 1.807) is 31.6 Å². The minimum atomic E-state index is -0.294. The van der Waals surface area contributed by atoms with E-state index in [2.05, 4.69) is 5.32 Å². The first-order chi connectivity index (χ1) is 11.6. The molecule has 0 saturated heterocycles. The standard InChI is InChI=1S/C19H18FNO3/c1-12(13-3-5-15(20)6-4-13)21-19(22)9-14-11-24-18-10-16(23-2)7-8-17(14)18/h3-8,10-12H,9H2,1-2H3,(H,21,22)/t12-/m0/s1. The molecule has 4 nitrogen and oxygen atoms in total. The lowest BCUT2D eigenvalue weighted by Gasteiger charge is -2.14. The van der Waals surface area contributed by atoms with Crippen molar-refractivity contribution in [2.75, 3.05) is 7.11 Å². The van der Waals surface area contributed by atoms with Gasteiger partial charge in [-0.3, -0.25) is 4.79 Å². The highest BCUT2D eigenvalue weighted by molar-refractivity contribution is 5.88. The minimum Gasteiger partial charge on any atom is -0.497 e. The highest BCUT2D eigenvalue weighted by Crippen LogP contribution is 2.26. The fourth-order valence-electron chi connectivity index (χ4n) is 2.63. The molecule has 1 atom stereocenters. The first-order valence-corrected chi connectivity index (χ1v) is 7.66. The molecule has 2 aromatic carbocycles. The van der Waals surface area contributed by atoms with E-state index in [1.807, 2.05) is 19.1 Å². The van der Waals surface area contributed by atoms with Gasteiger partial charge in [0.1, 0.15) is 17.1 Å². The Balaban J connectivity index is 1.69. The summed E-state index contributed by atoms with van der Waals surface area (Å²) in [7, 11) is 1.59. The van der Waals surface area contributed by atoms with E-state index >= 15 is 0 Å². The first kappa shape index (κ1) is 16.1. The molecule has 0 saturated carbocycles. The Labute approximate surface area is 139 Å². The van der Waals surface area contributed by atoms with Gasteiger partial charge < -0.3 is 14.5 Å². The van der Waals surface area contributed by atoms with Crippen LogP contribution in [-0.4, -0.2) is 13.0 Å². The molecule has 5 heteroatoms. The van der Waals surface area contributed by atoms with Crippen molar-refractivity contribution in [2.24, 2.45) is 0 Å². The van der Waals surface area contributed by atoms with Gasteiger partial charge in [-0.15, -0.1) is 0 Å². The molecule has 0 aliphatic carbocycles. The van der Waals surface area contributed by atoms with Crippen LogP contribution in [0.5, 0.6) is 5.75 Å². The summed E-state index contributed by atoms with van der Waals surface area (Å²) in [5.74, 6) is 0.292. The highest BCUT2D eigenvalue weighted by Gasteiger charge is 2.14. The third-order valence-corrected chi connectivity index (χ3v) is 3.96. The van der Waals surface area contributed by atoms with Crippen LogP contribution in [0, 0.1) is 5.82 Å². The molecular weight excluding hydrogens is 309 g/mol. The summed E-state index contributed by atoms with van der Waals surface area (Å²) in [5, 5.41) is 3.80. The highest BCUT2D eigenvalue weighted by atomic mass is 19.1. The van der Waals surface area contributed by atoms with Crippen LogP contribution in [0.15, 0.2) is 53.1 Å². The summed E-state index contributed by atoms with van der Waals surface area (Å²) in [6.45, 7) is 1.86. The lowest BCUT2D eigenvalue weighted by Crippen LogP contribution is -2.28. The van der Waals surface area contributed by atoms with Gasteiger partial charge in [0.15, 0.2) is 0 Å². The number of benzene rings is 2. The van der Waals surface area contributed by atoms with Crippen LogP contribution >= 0.6 is 0 Å². The van der Waals surface area contributed by atoms with Gasteiger partial charge in [0.25, 0.3) is 0 Å². The van der Waals surface area contributed by atoms with Crippen LogP contribution in [0.2, 0.25) is 0 Å². The van der Waals surface area contributed by atoms with Gasteiger partial charge in [-0.25, -0.2) is 4.39 Å². The van der Waals surface area contributed by atoms with Gasteiger partial charge in [-0.1, -0.05) is 12.1 Å². The number of carbonyl (C=O) groups excluding carboxylic acids is 1. The van der Waals surface area contributed by atoms with Crippen molar-refractivity contribution in [2.45, 2.75) is 19.4 Å². The van der Waals surface area contributed by atoms with Gasteiger partial charge in [-0.05, 0) is 36.8 Å². The number of fused-ring (bicyclic) bond motifs is 1. The Morgan fingerprint density at radius 3 is 2.71 bits per heavy atom. The summed E-state index contributed by atoms with van der Waals surface area (Å²) in [6, 6.07) is 11.4. The molecule has 1 aromatic heterocycles. The van der Waals surface area contributed by atoms with E-state index in [4.69, 9.17) is 9.15 Å². The average Bonchev–Trinajstić information content (AvgIpc) is 2.97. The Morgan fingerprint density at radius 2 is 2.00 bits per heavy atom. The fraction of sp³-hybridized carbons (Fsp3) is 0.211. The number of rotatable bonds is 5. The molecule has 24 heavy (non-hydrogen) atoms. The molecule has 0 aliphatic rings. The number of furan rings is 1. The zero-order valence-electron chi connectivity index (χ0n) is 13.5. The maximum atomic E-state index is 13.0. The lowest BCUT2D eigenvalue weighted by molar-refractivity contribution is -0.121. The monoisotopic (exact) mass is 327 g/mol. The summed E-state index contributed by atoms with van der Waals surface area (Å²) in [6.07, 6.45) is 1.80. The van der Waals surface area contributed by atoms with Crippen molar-refractivity contribution in [3.05, 3.63) is 65.7 Å². The second-order valence-corrected chi connectivity index (χ2v) is 5.64. The number of ether oxygens (including phenoxy) is 1. The number of amides is 1. The third kappa shape index (κ3) is 3.40. The minimum absolute atomic E-state index is 0.120. The number of carbonyl (C=O) groups is 1. The largest absolute Gasteiger partial charge is 0.497 e. The zero-order valence-corrected chi connectivity index (χ0v) is 13.5. The Hall–Kier alpha value is -2.82. The Bertz CT molecular complexity index is 855. The van der Waals surface area contributed by atoms with Crippen LogP contribution in [0.3, 0.4) is 0 Å². The van der Waals surface area contributed by atoms with Crippen LogP contribution in [0.1, 0.15) is 24.1 Å². The molecule has 1 N–H and O–H groups in total. The second kappa shape index (κ2) is 6.74. The smallest absolute Gasteiger partial charge is 0.225 e. The number of hydrogen-bond acceptors (Lipinski definition) is 3. The van der Waals surface area contributed by atoms with Gasteiger partial charge in [0.2, 0.25) is 5.91 Å². The van der Waals surface area contributed by atoms with E-state index < -0.39 is 0 Å². The topological polar surface area (TPSA) is 51.5 Å². The number of hydrogen-bond donors (Lipinski definition) is 1. The Morgan fingerprint density at radius 1 is 1.25 bits per heavy atom. The summed E-state index contributed by atoms with van der Waals surface area (Å²) < 4.78 is 23.6. The van der Waals surface area contributed by atoms with Crippen molar-refractivity contribution < 1.29 is 18.3 Å². The SMILES string of the molecule is COc1ccc2c(CC(=O)N[C@@H](C)c3ccc(F)cc3)coc2c1. The van der Waals surface area contributed by atoms with E-state index in [0.29, 0.717) is 11.3 Å².